The number of aromatic amines is 1. The molecular weight excluding hydrogens is 234 g/mol. The van der Waals surface area contributed by atoms with E-state index in [0.29, 0.717) is 11.4 Å². The second-order valence-electron chi connectivity index (χ2n) is 3.65. The molecule has 0 saturated heterocycles. The first-order valence-corrected chi connectivity index (χ1v) is 6.35. The molecule has 2 aromatic rings. The van der Waals surface area contributed by atoms with Crippen LogP contribution in [0.1, 0.15) is 5.56 Å². The Morgan fingerprint density at radius 2 is 1.94 bits per heavy atom. The van der Waals surface area contributed by atoms with Crippen LogP contribution in [-0.2, 0) is 0 Å². The van der Waals surface area contributed by atoms with Gasteiger partial charge in [-0.05, 0) is 25.3 Å². The molecule has 1 heterocycles. The van der Waals surface area contributed by atoms with Gasteiger partial charge < -0.3 is 10.7 Å². The van der Waals surface area contributed by atoms with Crippen LogP contribution in [0.3, 0.4) is 0 Å². The normalized spacial score (nSPS) is 10.5. The average molecular weight is 247 g/mol. The molecule has 0 saturated carbocycles. The number of aromatic nitrogens is 2. The van der Waals surface area contributed by atoms with E-state index in [1.54, 1.807) is 18.7 Å². The van der Waals surface area contributed by atoms with Gasteiger partial charge in [0.25, 0.3) is 5.56 Å². The van der Waals surface area contributed by atoms with Crippen molar-refractivity contribution in [3.05, 3.63) is 40.2 Å². The van der Waals surface area contributed by atoms with Crippen molar-refractivity contribution >= 4 is 17.6 Å². The van der Waals surface area contributed by atoms with Gasteiger partial charge in [0, 0.05) is 10.5 Å². The third-order valence-electron chi connectivity index (χ3n) is 2.55. The van der Waals surface area contributed by atoms with Gasteiger partial charge >= 0.3 is 0 Å². The molecule has 3 N–H and O–H groups in total. The zero-order valence-electron chi connectivity index (χ0n) is 9.65. The van der Waals surface area contributed by atoms with E-state index in [-0.39, 0.29) is 11.4 Å². The highest BCUT2D eigenvalue weighted by Crippen LogP contribution is 2.20. The molecule has 2 rings (SSSR count). The van der Waals surface area contributed by atoms with Crippen LogP contribution >= 0.6 is 11.8 Å². The van der Waals surface area contributed by atoms with E-state index >= 15 is 0 Å². The minimum atomic E-state index is -0.193. The molecule has 0 aliphatic heterocycles. The molecular formula is C12H13N3OS. The molecule has 0 amide bonds. The number of hydrogen-bond donors (Lipinski definition) is 2. The third kappa shape index (κ3) is 2.34. The topological polar surface area (TPSA) is 71.8 Å². The van der Waals surface area contributed by atoms with Crippen molar-refractivity contribution in [2.24, 2.45) is 0 Å². The number of anilines is 1. The Bertz CT molecular complexity index is 590. The van der Waals surface area contributed by atoms with Crippen molar-refractivity contribution in [2.45, 2.75) is 11.8 Å². The highest BCUT2D eigenvalue weighted by molar-refractivity contribution is 7.98. The minimum absolute atomic E-state index is 0.193. The number of thioether (sulfide) groups is 1. The van der Waals surface area contributed by atoms with Crippen LogP contribution in [0.5, 0.6) is 0 Å². The maximum absolute atomic E-state index is 11.6. The largest absolute Gasteiger partial charge is 0.383 e. The molecule has 0 aliphatic rings. The van der Waals surface area contributed by atoms with Crippen molar-refractivity contribution < 1.29 is 0 Å². The SMILES string of the molecule is CSc1ccc(-c2nc(N)c(C)c(=O)[nH]2)cc1. The summed E-state index contributed by atoms with van der Waals surface area (Å²) in [6.07, 6.45) is 2.01. The van der Waals surface area contributed by atoms with Crippen LogP contribution in [0.25, 0.3) is 11.4 Å². The molecule has 5 heteroatoms. The Labute approximate surface area is 103 Å². The predicted molar refractivity (Wildman–Crippen MR) is 71.2 cm³/mol. The van der Waals surface area contributed by atoms with Gasteiger partial charge in [0.2, 0.25) is 0 Å². The maximum Gasteiger partial charge on any atom is 0.256 e. The zero-order valence-corrected chi connectivity index (χ0v) is 10.5. The molecule has 0 spiro atoms. The van der Waals surface area contributed by atoms with Crippen LogP contribution in [0.15, 0.2) is 34.0 Å². The summed E-state index contributed by atoms with van der Waals surface area (Å²) in [6.45, 7) is 1.65. The van der Waals surface area contributed by atoms with Gasteiger partial charge in [-0.2, -0.15) is 0 Å². The van der Waals surface area contributed by atoms with Gasteiger partial charge in [0.1, 0.15) is 11.6 Å². The highest BCUT2D eigenvalue weighted by Gasteiger charge is 2.06. The van der Waals surface area contributed by atoms with Gasteiger partial charge in [-0.3, -0.25) is 4.79 Å². The first-order chi connectivity index (χ1) is 8.11. The number of hydrogen-bond acceptors (Lipinski definition) is 4. The molecule has 0 aliphatic carbocycles. The van der Waals surface area contributed by atoms with Crippen molar-refractivity contribution in [2.75, 3.05) is 12.0 Å². The minimum Gasteiger partial charge on any atom is -0.383 e. The predicted octanol–water partition coefficient (Wildman–Crippen LogP) is 2.05. The summed E-state index contributed by atoms with van der Waals surface area (Å²) in [5.41, 5.74) is 6.79. The average Bonchev–Trinajstić information content (AvgIpc) is 2.35. The highest BCUT2D eigenvalue weighted by atomic mass is 32.2. The van der Waals surface area contributed by atoms with E-state index in [1.807, 2.05) is 30.5 Å². The summed E-state index contributed by atoms with van der Waals surface area (Å²) in [5, 5.41) is 0. The van der Waals surface area contributed by atoms with Gasteiger partial charge in [-0.1, -0.05) is 12.1 Å². The number of benzene rings is 1. The Morgan fingerprint density at radius 3 is 2.47 bits per heavy atom. The fourth-order valence-electron chi connectivity index (χ4n) is 1.44. The maximum atomic E-state index is 11.6. The van der Waals surface area contributed by atoms with Crippen LogP contribution in [0.4, 0.5) is 5.82 Å². The third-order valence-corrected chi connectivity index (χ3v) is 3.30. The van der Waals surface area contributed by atoms with Crippen LogP contribution in [-0.4, -0.2) is 16.2 Å². The summed E-state index contributed by atoms with van der Waals surface area (Å²) in [5.74, 6) is 0.781. The van der Waals surface area contributed by atoms with E-state index in [2.05, 4.69) is 9.97 Å². The molecule has 0 atom stereocenters. The quantitative estimate of drug-likeness (QED) is 0.797. The van der Waals surface area contributed by atoms with Gasteiger partial charge in [0.15, 0.2) is 0 Å². The van der Waals surface area contributed by atoms with Gasteiger partial charge in [-0.15, -0.1) is 11.8 Å². The van der Waals surface area contributed by atoms with Gasteiger partial charge in [-0.25, -0.2) is 4.98 Å². The second kappa shape index (κ2) is 4.63. The number of nitrogen functional groups attached to an aromatic ring is 1. The monoisotopic (exact) mass is 247 g/mol. The number of rotatable bonds is 2. The molecule has 1 aromatic carbocycles. The Balaban J connectivity index is 2.49. The van der Waals surface area contributed by atoms with E-state index in [1.165, 1.54) is 0 Å². The summed E-state index contributed by atoms with van der Waals surface area (Å²) in [6, 6.07) is 7.80. The number of nitrogens with two attached hydrogens (primary N) is 1. The second-order valence-corrected chi connectivity index (χ2v) is 4.53. The van der Waals surface area contributed by atoms with Crippen molar-refractivity contribution in [1.29, 1.82) is 0 Å². The van der Waals surface area contributed by atoms with Crippen molar-refractivity contribution in [3.8, 4) is 11.4 Å². The van der Waals surface area contributed by atoms with E-state index < -0.39 is 0 Å². The van der Waals surface area contributed by atoms with Crippen LogP contribution in [0.2, 0.25) is 0 Å². The molecule has 88 valence electrons. The smallest absolute Gasteiger partial charge is 0.256 e. The lowest BCUT2D eigenvalue weighted by Crippen LogP contribution is -2.15. The van der Waals surface area contributed by atoms with E-state index in [9.17, 15) is 4.79 Å². The number of nitrogens with zero attached hydrogens (tertiary/aromatic N) is 1. The molecule has 0 unspecified atom stereocenters. The summed E-state index contributed by atoms with van der Waals surface area (Å²) in [7, 11) is 0. The zero-order chi connectivity index (χ0) is 12.4. The molecule has 1 aromatic heterocycles. The summed E-state index contributed by atoms with van der Waals surface area (Å²) >= 11 is 1.66. The number of H-pyrrole nitrogens is 1. The fraction of sp³-hybridized carbons (Fsp3) is 0.167. The Morgan fingerprint density at radius 1 is 1.29 bits per heavy atom. The molecule has 0 fully saturated rings. The Hall–Kier alpha value is -1.75. The summed E-state index contributed by atoms with van der Waals surface area (Å²) < 4.78 is 0. The molecule has 4 nitrogen and oxygen atoms in total. The molecule has 0 radical (unpaired) electrons. The van der Waals surface area contributed by atoms with Crippen LogP contribution in [0, 0.1) is 6.92 Å². The van der Waals surface area contributed by atoms with Crippen molar-refractivity contribution in [3.63, 3.8) is 0 Å². The first-order valence-electron chi connectivity index (χ1n) is 5.12. The first kappa shape index (κ1) is 11.7. The van der Waals surface area contributed by atoms with Gasteiger partial charge in [0.05, 0.1) is 5.56 Å². The molecule has 17 heavy (non-hydrogen) atoms. The lowest BCUT2D eigenvalue weighted by atomic mass is 10.2. The standard InChI is InChI=1S/C12H13N3OS/c1-7-10(13)14-11(15-12(7)16)8-3-5-9(17-2)6-4-8/h3-6H,1-2H3,(H3,13,14,15,16). The lowest BCUT2D eigenvalue weighted by Gasteiger charge is -2.04. The summed E-state index contributed by atoms with van der Waals surface area (Å²) in [4.78, 5) is 19.6. The Kier molecular flexibility index (Phi) is 3.19. The fourth-order valence-corrected chi connectivity index (χ4v) is 1.84. The van der Waals surface area contributed by atoms with Crippen molar-refractivity contribution in [1.82, 2.24) is 9.97 Å². The van der Waals surface area contributed by atoms with E-state index in [4.69, 9.17) is 5.73 Å². The number of nitrogens with one attached hydrogen (secondary N) is 1. The lowest BCUT2D eigenvalue weighted by molar-refractivity contribution is 1.09. The van der Waals surface area contributed by atoms with E-state index in [0.717, 1.165) is 10.5 Å². The molecule has 0 bridgehead atoms. The van der Waals surface area contributed by atoms with Crippen LogP contribution < -0.4 is 11.3 Å².